The van der Waals surface area contributed by atoms with Crippen molar-refractivity contribution < 1.29 is 9.36 Å². The number of carbonyl (C=O) groups is 1. The molecule has 24 heavy (non-hydrogen) atoms. The van der Waals surface area contributed by atoms with Gasteiger partial charge in [0.1, 0.15) is 0 Å². The van der Waals surface area contributed by atoms with Gasteiger partial charge in [-0.25, -0.2) is 0 Å². The van der Waals surface area contributed by atoms with Gasteiger partial charge in [-0.15, -0.1) is 0 Å². The summed E-state index contributed by atoms with van der Waals surface area (Å²) in [5.41, 5.74) is 2.52. The third-order valence-electron chi connectivity index (χ3n) is 4.35. The number of nitrogens with zero attached hydrogens (tertiary/aromatic N) is 1. The summed E-state index contributed by atoms with van der Waals surface area (Å²) in [5, 5.41) is 3.69. The summed E-state index contributed by atoms with van der Waals surface area (Å²) in [4.78, 5) is 12.0. The SMILES string of the molecule is CCC(CC)c1cc[n+](CC(=O)NCCc2ccc(Cl)cc2)cc1. The highest BCUT2D eigenvalue weighted by atomic mass is 35.5. The van der Waals surface area contributed by atoms with E-state index in [1.165, 1.54) is 11.1 Å². The second-order valence-electron chi connectivity index (χ2n) is 6.04. The molecule has 0 fully saturated rings. The van der Waals surface area contributed by atoms with Crippen molar-refractivity contribution in [1.29, 1.82) is 0 Å². The quantitative estimate of drug-likeness (QED) is 0.723. The molecule has 128 valence electrons. The van der Waals surface area contributed by atoms with Gasteiger partial charge in [-0.1, -0.05) is 37.6 Å². The molecule has 0 unspecified atom stereocenters. The summed E-state index contributed by atoms with van der Waals surface area (Å²) in [6, 6.07) is 12.0. The summed E-state index contributed by atoms with van der Waals surface area (Å²) in [7, 11) is 0. The predicted octanol–water partition coefficient (Wildman–Crippen LogP) is 3.89. The van der Waals surface area contributed by atoms with E-state index in [2.05, 4.69) is 31.3 Å². The van der Waals surface area contributed by atoms with Crippen molar-refractivity contribution in [3.8, 4) is 0 Å². The first-order chi connectivity index (χ1) is 11.6. The van der Waals surface area contributed by atoms with E-state index < -0.39 is 0 Å². The van der Waals surface area contributed by atoms with Crippen LogP contribution in [0.15, 0.2) is 48.8 Å². The fraction of sp³-hybridized carbons (Fsp3) is 0.400. The Morgan fingerprint density at radius 3 is 2.29 bits per heavy atom. The Balaban J connectivity index is 1.78. The maximum absolute atomic E-state index is 12.0. The van der Waals surface area contributed by atoms with Crippen LogP contribution in [0.4, 0.5) is 0 Å². The van der Waals surface area contributed by atoms with Gasteiger partial charge >= 0.3 is 0 Å². The van der Waals surface area contributed by atoms with Crippen LogP contribution in [0.2, 0.25) is 5.02 Å². The Morgan fingerprint density at radius 2 is 1.71 bits per heavy atom. The fourth-order valence-corrected chi connectivity index (χ4v) is 2.95. The number of amides is 1. The number of pyridine rings is 1. The first-order valence-corrected chi connectivity index (χ1v) is 9.00. The van der Waals surface area contributed by atoms with E-state index in [0.29, 0.717) is 19.0 Å². The zero-order valence-electron chi connectivity index (χ0n) is 14.5. The number of halogens is 1. The minimum absolute atomic E-state index is 0.0317. The molecule has 0 radical (unpaired) electrons. The zero-order valence-corrected chi connectivity index (χ0v) is 15.2. The summed E-state index contributed by atoms with van der Waals surface area (Å²) in [6.45, 7) is 5.41. The third-order valence-corrected chi connectivity index (χ3v) is 4.60. The summed E-state index contributed by atoms with van der Waals surface area (Å²) >= 11 is 5.86. The monoisotopic (exact) mass is 345 g/mol. The molecule has 3 nitrogen and oxygen atoms in total. The predicted molar refractivity (Wildman–Crippen MR) is 98.1 cm³/mol. The van der Waals surface area contributed by atoms with Crippen LogP contribution in [0.3, 0.4) is 0 Å². The number of carbonyl (C=O) groups excluding carboxylic acids is 1. The lowest BCUT2D eigenvalue weighted by atomic mass is 9.95. The number of rotatable bonds is 8. The molecule has 0 aliphatic rings. The topological polar surface area (TPSA) is 33.0 Å². The van der Waals surface area contributed by atoms with Gasteiger partial charge in [-0.2, -0.15) is 4.57 Å². The van der Waals surface area contributed by atoms with Gasteiger partial charge in [0.05, 0.1) is 0 Å². The lowest BCUT2D eigenvalue weighted by Gasteiger charge is -2.11. The molecular formula is C20H26ClN2O+. The molecular weight excluding hydrogens is 320 g/mol. The van der Waals surface area contributed by atoms with Crippen LogP contribution in [0, 0.1) is 0 Å². The molecule has 4 heteroatoms. The van der Waals surface area contributed by atoms with Crippen LogP contribution in [0.5, 0.6) is 0 Å². The van der Waals surface area contributed by atoms with Gasteiger partial charge in [0.15, 0.2) is 12.4 Å². The number of hydrogen-bond donors (Lipinski definition) is 1. The molecule has 1 N–H and O–H groups in total. The van der Waals surface area contributed by atoms with Crippen LogP contribution in [0.25, 0.3) is 0 Å². The van der Waals surface area contributed by atoms with Crippen molar-refractivity contribution in [1.82, 2.24) is 5.32 Å². The van der Waals surface area contributed by atoms with E-state index >= 15 is 0 Å². The van der Waals surface area contributed by atoms with Crippen LogP contribution in [0.1, 0.15) is 43.7 Å². The zero-order chi connectivity index (χ0) is 17.4. The maximum Gasteiger partial charge on any atom is 0.285 e. The van der Waals surface area contributed by atoms with Crippen molar-refractivity contribution in [2.24, 2.45) is 0 Å². The van der Waals surface area contributed by atoms with Crippen LogP contribution in [-0.2, 0) is 17.8 Å². The molecule has 0 atom stereocenters. The Kier molecular flexibility index (Phi) is 7.26. The van der Waals surface area contributed by atoms with E-state index in [-0.39, 0.29) is 5.91 Å². The molecule has 0 bridgehead atoms. The lowest BCUT2D eigenvalue weighted by molar-refractivity contribution is -0.684. The standard InChI is InChI=1S/C20H25ClN2O/c1-3-17(4-2)18-10-13-23(14-11-18)15-20(24)22-12-9-16-5-7-19(21)8-6-16/h5-8,10-11,13-14,17H,3-4,9,12,15H2,1-2H3/p+1. The molecule has 0 saturated heterocycles. The molecule has 0 aliphatic heterocycles. The molecule has 1 amide bonds. The average molecular weight is 346 g/mol. The van der Waals surface area contributed by atoms with Gasteiger partial charge in [-0.05, 0) is 48.4 Å². The normalized spacial score (nSPS) is 10.8. The number of hydrogen-bond acceptors (Lipinski definition) is 1. The Morgan fingerprint density at radius 1 is 1.08 bits per heavy atom. The lowest BCUT2D eigenvalue weighted by Crippen LogP contribution is -2.42. The number of aromatic nitrogens is 1. The van der Waals surface area contributed by atoms with E-state index in [4.69, 9.17) is 11.6 Å². The average Bonchev–Trinajstić information content (AvgIpc) is 2.59. The van der Waals surface area contributed by atoms with E-state index in [1.54, 1.807) is 0 Å². The van der Waals surface area contributed by atoms with Crippen molar-refractivity contribution in [2.75, 3.05) is 6.54 Å². The molecule has 2 rings (SSSR count). The molecule has 1 heterocycles. The van der Waals surface area contributed by atoms with E-state index in [0.717, 1.165) is 24.3 Å². The first kappa shape index (κ1) is 18.5. The summed E-state index contributed by atoms with van der Waals surface area (Å²) in [6.07, 6.45) is 7.08. The number of nitrogens with one attached hydrogen (secondary N) is 1. The smallest absolute Gasteiger partial charge is 0.285 e. The second kappa shape index (κ2) is 9.43. The Labute approximate surface area is 149 Å². The van der Waals surface area contributed by atoms with Gasteiger partial charge in [-0.3, -0.25) is 4.79 Å². The molecule has 1 aromatic carbocycles. The Bertz CT molecular complexity index is 634. The summed E-state index contributed by atoms with van der Waals surface area (Å²) < 4.78 is 1.92. The van der Waals surface area contributed by atoms with E-state index in [9.17, 15) is 4.79 Å². The first-order valence-electron chi connectivity index (χ1n) is 8.62. The van der Waals surface area contributed by atoms with Gasteiger partial charge in [0.2, 0.25) is 6.54 Å². The molecule has 1 aromatic heterocycles. The largest absolute Gasteiger partial charge is 0.350 e. The maximum atomic E-state index is 12.0. The van der Waals surface area contributed by atoms with Crippen molar-refractivity contribution >= 4 is 17.5 Å². The molecule has 2 aromatic rings. The van der Waals surface area contributed by atoms with Gasteiger partial charge < -0.3 is 5.32 Å². The van der Waals surface area contributed by atoms with E-state index in [1.807, 2.05) is 41.2 Å². The highest BCUT2D eigenvalue weighted by molar-refractivity contribution is 6.30. The van der Waals surface area contributed by atoms with Crippen molar-refractivity contribution in [2.45, 2.75) is 45.6 Å². The van der Waals surface area contributed by atoms with Crippen LogP contribution in [-0.4, -0.2) is 12.5 Å². The highest BCUT2D eigenvalue weighted by Crippen LogP contribution is 2.21. The molecule has 0 aliphatic carbocycles. The Hall–Kier alpha value is -1.87. The van der Waals surface area contributed by atoms with Crippen LogP contribution >= 0.6 is 11.6 Å². The van der Waals surface area contributed by atoms with Crippen LogP contribution < -0.4 is 9.88 Å². The van der Waals surface area contributed by atoms with Crippen molar-refractivity contribution in [3.05, 3.63) is 64.9 Å². The minimum atomic E-state index is 0.0317. The number of benzene rings is 1. The van der Waals surface area contributed by atoms with Gasteiger partial charge in [0, 0.05) is 23.7 Å². The fourth-order valence-electron chi connectivity index (χ4n) is 2.83. The van der Waals surface area contributed by atoms with Crippen molar-refractivity contribution in [3.63, 3.8) is 0 Å². The second-order valence-corrected chi connectivity index (χ2v) is 6.48. The summed E-state index contributed by atoms with van der Waals surface area (Å²) in [5.74, 6) is 0.636. The minimum Gasteiger partial charge on any atom is -0.350 e. The van der Waals surface area contributed by atoms with Gasteiger partial charge in [0.25, 0.3) is 5.91 Å². The third kappa shape index (κ3) is 5.64. The molecule has 0 saturated carbocycles. The highest BCUT2D eigenvalue weighted by Gasteiger charge is 2.11. The molecule has 0 spiro atoms.